The van der Waals surface area contributed by atoms with E-state index in [4.69, 9.17) is 16.7 Å². The highest BCUT2D eigenvalue weighted by atomic mass is 35.5. The maximum atomic E-state index is 11.3. The number of rotatable bonds is 4. The Kier molecular flexibility index (Phi) is 4.24. The second-order valence-corrected chi connectivity index (χ2v) is 4.84. The summed E-state index contributed by atoms with van der Waals surface area (Å²) in [7, 11) is 0. The van der Waals surface area contributed by atoms with Crippen molar-refractivity contribution in [1.82, 2.24) is 14.9 Å². The lowest BCUT2D eigenvalue weighted by Crippen LogP contribution is -2.39. The molecule has 1 unspecified atom stereocenters. The Balaban J connectivity index is 2.11. The molecule has 0 saturated carbocycles. The van der Waals surface area contributed by atoms with Gasteiger partial charge in [0.05, 0.1) is 12.3 Å². The molecule has 0 bridgehead atoms. The van der Waals surface area contributed by atoms with E-state index in [0.717, 1.165) is 30.8 Å². The average Bonchev–Trinajstić information content (AvgIpc) is 2.66. The van der Waals surface area contributed by atoms with Crippen LogP contribution in [0.2, 0.25) is 0 Å². The summed E-state index contributed by atoms with van der Waals surface area (Å²) in [5, 5.41) is 11.9. The summed E-state index contributed by atoms with van der Waals surface area (Å²) in [6, 6.07) is 0.126. The largest absolute Gasteiger partial charge is 0.395 e. The monoisotopic (exact) mass is 271 g/mol. The van der Waals surface area contributed by atoms with Crippen LogP contribution in [0.15, 0.2) is 0 Å². The summed E-state index contributed by atoms with van der Waals surface area (Å²) < 4.78 is 2.06. The van der Waals surface area contributed by atoms with E-state index in [1.165, 1.54) is 5.69 Å². The van der Waals surface area contributed by atoms with Gasteiger partial charge in [0.1, 0.15) is 11.7 Å². The molecule has 0 radical (unpaired) electrons. The van der Waals surface area contributed by atoms with Crippen molar-refractivity contribution >= 4 is 17.5 Å². The SMILES string of the molecule is Cc1nc2c(n1CCO)CCC(NC(=O)CCl)C2. The molecule has 2 N–H and O–H groups in total. The third-order valence-electron chi connectivity index (χ3n) is 3.33. The van der Waals surface area contributed by atoms with Gasteiger partial charge in [-0.3, -0.25) is 4.79 Å². The van der Waals surface area contributed by atoms with Gasteiger partial charge < -0.3 is 15.0 Å². The number of nitrogens with zero attached hydrogens (tertiary/aromatic N) is 2. The summed E-state index contributed by atoms with van der Waals surface area (Å²) in [6.45, 7) is 2.66. The quantitative estimate of drug-likeness (QED) is 0.779. The molecular weight excluding hydrogens is 254 g/mol. The Bertz CT molecular complexity index is 445. The lowest BCUT2D eigenvalue weighted by Gasteiger charge is -2.23. The molecule has 1 atom stereocenters. The third-order valence-corrected chi connectivity index (χ3v) is 3.57. The average molecular weight is 272 g/mol. The van der Waals surface area contributed by atoms with E-state index >= 15 is 0 Å². The van der Waals surface area contributed by atoms with Crippen LogP contribution in [0.25, 0.3) is 0 Å². The zero-order valence-electron chi connectivity index (χ0n) is 10.4. The first-order valence-corrected chi connectivity index (χ1v) is 6.70. The fourth-order valence-corrected chi connectivity index (χ4v) is 2.62. The van der Waals surface area contributed by atoms with Gasteiger partial charge >= 0.3 is 0 Å². The Hall–Kier alpha value is -1.07. The van der Waals surface area contributed by atoms with Crippen LogP contribution in [-0.2, 0) is 24.2 Å². The van der Waals surface area contributed by atoms with Crippen LogP contribution in [0.5, 0.6) is 0 Å². The number of hydrogen-bond donors (Lipinski definition) is 2. The van der Waals surface area contributed by atoms with E-state index in [2.05, 4.69) is 14.9 Å². The van der Waals surface area contributed by atoms with Gasteiger partial charge in [-0.25, -0.2) is 4.98 Å². The molecule has 18 heavy (non-hydrogen) atoms. The van der Waals surface area contributed by atoms with E-state index < -0.39 is 0 Å². The van der Waals surface area contributed by atoms with Crippen molar-refractivity contribution in [2.24, 2.45) is 0 Å². The molecule has 2 rings (SSSR count). The Morgan fingerprint density at radius 2 is 2.44 bits per heavy atom. The van der Waals surface area contributed by atoms with Crippen molar-refractivity contribution < 1.29 is 9.90 Å². The van der Waals surface area contributed by atoms with Crippen molar-refractivity contribution in [3.05, 3.63) is 17.2 Å². The van der Waals surface area contributed by atoms with Gasteiger partial charge in [-0.05, 0) is 19.8 Å². The van der Waals surface area contributed by atoms with E-state index in [-0.39, 0.29) is 24.4 Å². The number of amides is 1. The number of fused-ring (bicyclic) bond motifs is 1. The molecular formula is C12H18ClN3O2. The highest BCUT2D eigenvalue weighted by Crippen LogP contribution is 2.22. The Labute approximate surface area is 111 Å². The first kappa shape index (κ1) is 13.4. The molecule has 6 heteroatoms. The molecule has 1 aromatic rings. The fraction of sp³-hybridized carbons (Fsp3) is 0.667. The summed E-state index contributed by atoms with van der Waals surface area (Å²) >= 11 is 5.48. The van der Waals surface area contributed by atoms with Crippen molar-refractivity contribution in [3.63, 3.8) is 0 Å². The normalized spacial score (nSPS) is 18.5. The number of aromatic nitrogens is 2. The molecule has 1 aromatic heterocycles. The number of aryl methyl sites for hydroxylation is 1. The summed E-state index contributed by atoms with van der Waals surface area (Å²) in [6.07, 6.45) is 2.52. The van der Waals surface area contributed by atoms with E-state index in [1.54, 1.807) is 0 Å². The minimum Gasteiger partial charge on any atom is -0.395 e. The van der Waals surface area contributed by atoms with Crippen molar-refractivity contribution in [1.29, 1.82) is 0 Å². The van der Waals surface area contributed by atoms with E-state index in [1.807, 2.05) is 6.92 Å². The molecule has 1 aliphatic carbocycles. The molecule has 0 aliphatic heterocycles. The minimum atomic E-state index is -0.128. The molecule has 0 aromatic carbocycles. The molecule has 1 aliphatic rings. The maximum absolute atomic E-state index is 11.3. The lowest BCUT2D eigenvalue weighted by molar-refractivity contribution is -0.119. The Morgan fingerprint density at radius 1 is 1.67 bits per heavy atom. The first-order chi connectivity index (χ1) is 8.65. The fourth-order valence-electron chi connectivity index (χ4n) is 2.55. The van der Waals surface area contributed by atoms with Gasteiger partial charge in [0.25, 0.3) is 0 Å². The van der Waals surface area contributed by atoms with Crippen molar-refractivity contribution in [3.8, 4) is 0 Å². The van der Waals surface area contributed by atoms with Crippen LogP contribution in [0.3, 0.4) is 0 Å². The number of halogens is 1. The zero-order chi connectivity index (χ0) is 13.1. The second kappa shape index (κ2) is 5.71. The lowest BCUT2D eigenvalue weighted by atomic mass is 9.96. The number of aliphatic hydroxyl groups is 1. The molecule has 5 nitrogen and oxygen atoms in total. The van der Waals surface area contributed by atoms with Gasteiger partial charge in [-0.1, -0.05) is 0 Å². The molecule has 1 amide bonds. The van der Waals surface area contributed by atoms with Crippen LogP contribution in [0.1, 0.15) is 23.6 Å². The minimum absolute atomic E-state index is 0.00133. The van der Waals surface area contributed by atoms with Crippen LogP contribution in [-0.4, -0.2) is 39.1 Å². The predicted octanol–water partition coefficient (Wildman–Crippen LogP) is 0.396. The number of alkyl halides is 1. The summed E-state index contributed by atoms with van der Waals surface area (Å²) in [5.74, 6) is 0.802. The van der Waals surface area contributed by atoms with E-state index in [0.29, 0.717) is 6.54 Å². The summed E-state index contributed by atoms with van der Waals surface area (Å²) in [5.41, 5.74) is 2.23. The van der Waals surface area contributed by atoms with Crippen molar-refractivity contribution in [2.75, 3.05) is 12.5 Å². The van der Waals surface area contributed by atoms with Crippen LogP contribution < -0.4 is 5.32 Å². The number of imidazole rings is 1. The molecule has 0 spiro atoms. The first-order valence-electron chi connectivity index (χ1n) is 6.16. The Morgan fingerprint density at radius 3 is 3.11 bits per heavy atom. The summed E-state index contributed by atoms with van der Waals surface area (Å²) in [4.78, 5) is 15.8. The highest BCUT2D eigenvalue weighted by Gasteiger charge is 2.24. The van der Waals surface area contributed by atoms with Gasteiger partial charge in [0.15, 0.2) is 0 Å². The molecule has 0 fully saturated rings. The molecule has 100 valence electrons. The molecule has 0 saturated heterocycles. The van der Waals surface area contributed by atoms with Gasteiger partial charge in [-0.15, -0.1) is 11.6 Å². The number of nitrogens with one attached hydrogen (secondary N) is 1. The second-order valence-electron chi connectivity index (χ2n) is 4.57. The highest BCUT2D eigenvalue weighted by molar-refractivity contribution is 6.27. The zero-order valence-corrected chi connectivity index (χ0v) is 11.2. The standard InChI is InChI=1S/C12H18ClN3O2/c1-8-14-10-6-9(15-12(18)7-13)2-3-11(10)16(8)4-5-17/h9,17H,2-7H2,1H3,(H,15,18). The van der Waals surface area contributed by atoms with Crippen molar-refractivity contribution in [2.45, 2.75) is 38.8 Å². The van der Waals surface area contributed by atoms with Gasteiger partial charge in [-0.2, -0.15) is 0 Å². The van der Waals surface area contributed by atoms with Crippen LogP contribution in [0, 0.1) is 6.92 Å². The number of aliphatic hydroxyl groups excluding tert-OH is 1. The maximum Gasteiger partial charge on any atom is 0.235 e. The van der Waals surface area contributed by atoms with Crippen LogP contribution in [0.4, 0.5) is 0 Å². The number of carbonyl (C=O) groups is 1. The van der Waals surface area contributed by atoms with Gasteiger partial charge in [0, 0.05) is 24.7 Å². The predicted molar refractivity (Wildman–Crippen MR) is 68.7 cm³/mol. The van der Waals surface area contributed by atoms with Crippen LogP contribution >= 0.6 is 11.6 Å². The number of carbonyl (C=O) groups excluding carboxylic acids is 1. The smallest absolute Gasteiger partial charge is 0.235 e. The topological polar surface area (TPSA) is 67.2 Å². The van der Waals surface area contributed by atoms with E-state index in [9.17, 15) is 4.79 Å². The molecule has 1 heterocycles. The number of hydrogen-bond acceptors (Lipinski definition) is 3. The van der Waals surface area contributed by atoms with Gasteiger partial charge in [0.2, 0.25) is 5.91 Å². The third kappa shape index (κ3) is 2.67.